The normalized spacial score (nSPS) is 8.14. The molecule has 0 fully saturated rings. The Bertz CT molecular complexity index is 206. The van der Waals surface area contributed by atoms with Gasteiger partial charge in [-0.1, -0.05) is 0 Å². The molecule has 0 radical (unpaired) electrons. The summed E-state index contributed by atoms with van der Waals surface area (Å²) in [5, 5.41) is 17.7. The number of carbonyl (C=O) groups is 3. The molecule has 7 N–H and O–H groups in total. The van der Waals surface area contributed by atoms with Crippen molar-refractivity contribution in [3.8, 4) is 0 Å². The predicted octanol–water partition coefficient (Wildman–Crippen LogP) is -2.82. The van der Waals surface area contributed by atoms with E-state index in [4.69, 9.17) is 15.9 Å². The zero-order chi connectivity index (χ0) is 11.6. The predicted molar refractivity (Wildman–Crippen MR) is 46.4 cm³/mol. The Morgan fingerprint density at radius 2 is 1.43 bits per heavy atom. The van der Waals surface area contributed by atoms with Gasteiger partial charge in [0.25, 0.3) is 0 Å². The number of carboxylic acids is 2. The lowest BCUT2D eigenvalue weighted by atomic mass is 10.5. The maximum Gasteiger partial charge on any atom is 0.322 e. The SMILES string of the molecule is NCC(=O)NCC(=O)O.NCC(=O)O. The number of amides is 1. The number of aliphatic carboxylic acids is 2. The highest BCUT2D eigenvalue weighted by atomic mass is 16.4. The first-order chi connectivity index (χ1) is 6.43. The first kappa shape index (κ1) is 14.8. The summed E-state index contributed by atoms with van der Waals surface area (Å²) >= 11 is 0. The summed E-state index contributed by atoms with van der Waals surface area (Å²) < 4.78 is 0. The van der Waals surface area contributed by atoms with Gasteiger partial charge in [0.2, 0.25) is 5.91 Å². The Hall–Kier alpha value is -1.67. The molecule has 1 amide bonds. The van der Waals surface area contributed by atoms with Crippen molar-refractivity contribution in [1.82, 2.24) is 5.32 Å². The average Bonchev–Trinajstić information content (AvgIpc) is 2.14. The molecule has 0 aromatic rings. The van der Waals surface area contributed by atoms with E-state index in [-0.39, 0.29) is 19.6 Å². The third kappa shape index (κ3) is 16.7. The molecule has 0 aliphatic heterocycles. The number of nitrogens with one attached hydrogen (secondary N) is 1. The van der Waals surface area contributed by atoms with E-state index in [1.807, 2.05) is 0 Å². The van der Waals surface area contributed by atoms with E-state index in [1.54, 1.807) is 0 Å². The van der Waals surface area contributed by atoms with Crippen molar-refractivity contribution >= 4 is 17.8 Å². The molecular formula is C6H13N3O5. The van der Waals surface area contributed by atoms with E-state index < -0.39 is 17.8 Å². The van der Waals surface area contributed by atoms with Crippen LogP contribution in [0.5, 0.6) is 0 Å². The number of nitrogens with two attached hydrogens (primary N) is 2. The second-order valence-corrected chi connectivity index (χ2v) is 1.97. The fourth-order valence-corrected chi connectivity index (χ4v) is 0.246. The van der Waals surface area contributed by atoms with Crippen LogP contribution in [0.2, 0.25) is 0 Å². The molecule has 0 atom stereocenters. The molecule has 0 aliphatic carbocycles. The fourth-order valence-electron chi connectivity index (χ4n) is 0.246. The van der Waals surface area contributed by atoms with Crippen LogP contribution in [0.4, 0.5) is 0 Å². The Balaban J connectivity index is 0. The van der Waals surface area contributed by atoms with Crippen LogP contribution < -0.4 is 16.8 Å². The van der Waals surface area contributed by atoms with Gasteiger partial charge in [-0.3, -0.25) is 14.4 Å². The van der Waals surface area contributed by atoms with E-state index in [0.717, 1.165) is 0 Å². The Morgan fingerprint density at radius 1 is 1.00 bits per heavy atom. The first-order valence-corrected chi connectivity index (χ1v) is 3.54. The molecule has 8 nitrogen and oxygen atoms in total. The summed E-state index contributed by atoms with van der Waals surface area (Å²) in [5.74, 6) is -2.50. The van der Waals surface area contributed by atoms with Crippen molar-refractivity contribution in [2.24, 2.45) is 11.5 Å². The molecule has 0 aromatic carbocycles. The lowest BCUT2D eigenvalue weighted by molar-refractivity contribution is -0.137. The van der Waals surface area contributed by atoms with Gasteiger partial charge < -0.3 is 27.0 Å². The summed E-state index contributed by atoms with van der Waals surface area (Å²) in [4.78, 5) is 29.2. The second kappa shape index (κ2) is 9.42. The van der Waals surface area contributed by atoms with Crippen molar-refractivity contribution in [1.29, 1.82) is 0 Å². The molecule has 0 unspecified atom stereocenters. The number of rotatable bonds is 4. The number of carbonyl (C=O) groups excluding carboxylic acids is 1. The van der Waals surface area contributed by atoms with Crippen LogP contribution in [0.25, 0.3) is 0 Å². The van der Waals surface area contributed by atoms with Crippen molar-refractivity contribution in [2.75, 3.05) is 19.6 Å². The van der Waals surface area contributed by atoms with Crippen molar-refractivity contribution in [3.05, 3.63) is 0 Å². The van der Waals surface area contributed by atoms with Gasteiger partial charge in [0, 0.05) is 0 Å². The molecular weight excluding hydrogens is 194 g/mol. The molecule has 0 heterocycles. The van der Waals surface area contributed by atoms with E-state index in [1.165, 1.54) is 0 Å². The van der Waals surface area contributed by atoms with Gasteiger partial charge >= 0.3 is 11.9 Å². The third-order valence-electron chi connectivity index (χ3n) is 0.797. The number of carboxylic acid groups (broad SMARTS) is 2. The highest BCUT2D eigenvalue weighted by molar-refractivity contribution is 5.82. The minimum absolute atomic E-state index is 0.173. The zero-order valence-corrected chi connectivity index (χ0v) is 7.40. The quantitative estimate of drug-likeness (QED) is 0.332. The lowest BCUT2D eigenvalue weighted by Gasteiger charge is -1.95. The summed E-state index contributed by atoms with van der Waals surface area (Å²) in [5.41, 5.74) is 9.43. The molecule has 0 aliphatic rings. The largest absolute Gasteiger partial charge is 0.480 e. The topological polar surface area (TPSA) is 156 Å². The third-order valence-corrected chi connectivity index (χ3v) is 0.797. The van der Waals surface area contributed by atoms with Crippen LogP contribution in [-0.4, -0.2) is 47.7 Å². The summed E-state index contributed by atoms with van der Waals surface area (Å²) in [6, 6.07) is 0. The van der Waals surface area contributed by atoms with Crippen LogP contribution in [0.15, 0.2) is 0 Å². The maximum atomic E-state index is 10.2. The molecule has 0 saturated carbocycles. The summed E-state index contributed by atoms with van der Waals surface area (Å²) in [6.07, 6.45) is 0. The van der Waals surface area contributed by atoms with E-state index in [9.17, 15) is 14.4 Å². The Kier molecular flexibility index (Phi) is 9.98. The summed E-state index contributed by atoms with van der Waals surface area (Å²) in [6.45, 7) is -0.816. The van der Waals surface area contributed by atoms with Crippen LogP contribution in [-0.2, 0) is 14.4 Å². The van der Waals surface area contributed by atoms with Crippen molar-refractivity contribution in [2.45, 2.75) is 0 Å². The molecule has 0 spiro atoms. The van der Waals surface area contributed by atoms with Crippen LogP contribution in [0.1, 0.15) is 0 Å². The van der Waals surface area contributed by atoms with Gasteiger partial charge in [-0.15, -0.1) is 0 Å². The van der Waals surface area contributed by atoms with Crippen LogP contribution in [0, 0.1) is 0 Å². The van der Waals surface area contributed by atoms with E-state index in [0.29, 0.717) is 0 Å². The van der Waals surface area contributed by atoms with Gasteiger partial charge in [-0.2, -0.15) is 0 Å². The van der Waals surface area contributed by atoms with Crippen molar-refractivity contribution < 1.29 is 24.6 Å². The minimum atomic E-state index is -1.07. The van der Waals surface area contributed by atoms with Crippen molar-refractivity contribution in [3.63, 3.8) is 0 Å². The standard InChI is InChI=1S/C4H8N2O3.C2H5NO2/c5-1-3(7)6-2-4(8)9;3-1-2(4)5/h1-2,5H2,(H,6,7)(H,8,9);1,3H2,(H,4,5). The van der Waals surface area contributed by atoms with Gasteiger partial charge in [-0.05, 0) is 0 Å². The lowest BCUT2D eigenvalue weighted by Crippen LogP contribution is -2.34. The smallest absolute Gasteiger partial charge is 0.322 e. The van der Waals surface area contributed by atoms with Gasteiger partial charge in [0.1, 0.15) is 6.54 Å². The van der Waals surface area contributed by atoms with Gasteiger partial charge in [0.05, 0.1) is 13.1 Å². The molecule has 8 heteroatoms. The van der Waals surface area contributed by atoms with E-state index >= 15 is 0 Å². The van der Waals surface area contributed by atoms with Gasteiger partial charge in [-0.25, -0.2) is 0 Å². The summed E-state index contributed by atoms with van der Waals surface area (Å²) in [7, 11) is 0. The van der Waals surface area contributed by atoms with Crippen LogP contribution in [0.3, 0.4) is 0 Å². The number of hydrogen-bond donors (Lipinski definition) is 5. The maximum absolute atomic E-state index is 10.2. The Morgan fingerprint density at radius 3 is 1.64 bits per heavy atom. The number of hydrogen-bond acceptors (Lipinski definition) is 5. The van der Waals surface area contributed by atoms with Crippen LogP contribution >= 0.6 is 0 Å². The average molecular weight is 207 g/mol. The zero-order valence-electron chi connectivity index (χ0n) is 7.40. The first-order valence-electron chi connectivity index (χ1n) is 3.54. The molecule has 82 valence electrons. The molecule has 0 bridgehead atoms. The second-order valence-electron chi connectivity index (χ2n) is 1.97. The fraction of sp³-hybridized carbons (Fsp3) is 0.500. The molecule has 0 aromatic heterocycles. The molecule has 0 rings (SSSR count). The highest BCUT2D eigenvalue weighted by Crippen LogP contribution is 1.60. The highest BCUT2D eigenvalue weighted by Gasteiger charge is 1.98. The molecule has 0 saturated heterocycles. The molecule has 14 heavy (non-hydrogen) atoms. The van der Waals surface area contributed by atoms with Gasteiger partial charge in [0.15, 0.2) is 0 Å². The van der Waals surface area contributed by atoms with E-state index in [2.05, 4.69) is 11.1 Å². The monoisotopic (exact) mass is 207 g/mol. The Labute approximate surface area is 79.9 Å². The minimum Gasteiger partial charge on any atom is -0.480 e.